The number of nitrogens with zero attached hydrogens (tertiary/aromatic N) is 1. The lowest BCUT2D eigenvalue weighted by molar-refractivity contribution is 0.0784. The molecule has 0 aliphatic carbocycles. The Morgan fingerprint density at radius 1 is 1.18 bits per heavy atom. The van der Waals surface area contributed by atoms with Gasteiger partial charge in [0.15, 0.2) is 0 Å². The van der Waals surface area contributed by atoms with Gasteiger partial charge in [-0.2, -0.15) is 0 Å². The van der Waals surface area contributed by atoms with E-state index in [0.717, 1.165) is 31.4 Å². The molecule has 0 spiro atoms. The second-order valence-corrected chi connectivity index (χ2v) is 5.97. The van der Waals surface area contributed by atoms with Crippen LogP contribution in [0.25, 0.3) is 0 Å². The molecule has 1 heterocycles. The van der Waals surface area contributed by atoms with Crippen LogP contribution in [-0.2, 0) is 11.3 Å². The van der Waals surface area contributed by atoms with Crippen molar-refractivity contribution in [2.24, 2.45) is 0 Å². The Balaban J connectivity index is 1.96. The van der Waals surface area contributed by atoms with Gasteiger partial charge < -0.3 is 9.64 Å². The van der Waals surface area contributed by atoms with Crippen molar-refractivity contribution in [1.29, 1.82) is 0 Å². The molecule has 0 radical (unpaired) electrons. The number of hydrogen-bond acceptors (Lipinski definition) is 2. The van der Waals surface area contributed by atoms with Crippen molar-refractivity contribution in [3.8, 4) is 0 Å². The summed E-state index contributed by atoms with van der Waals surface area (Å²) in [4.78, 5) is 14.4. The highest BCUT2D eigenvalue weighted by atomic mass is 16.6. The fraction of sp³-hybridized carbons (Fsp3) is 0.526. The standard InChI is InChI=1S/C19H27NO2/c1-2-11-18-14-9-4-3-5-10-15-20(18)19(21)22-16-17-12-7-6-8-13-17/h2,6-8,12-13,18H,1,3-5,9-11,14-16H2. The Morgan fingerprint density at radius 3 is 2.68 bits per heavy atom. The van der Waals surface area contributed by atoms with E-state index in [2.05, 4.69) is 6.58 Å². The summed E-state index contributed by atoms with van der Waals surface area (Å²) in [5.41, 5.74) is 1.03. The van der Waals surface area contributed by atoms with E-state index in [9.17, 15) is 4.79 Å². The van der Waals surface area contributed by atoms with E-state index < -0.39 is 0 Å². The average Bonchev–Trinajstić information content (AvgIpc) is 2.66. The van der Waals surface area contributed by atoms with Gasteiger partial charge in [-0.1, -0.05) is 62.1 Å². The second-order valence-electron chi connectivity index (χ2n) is 5.97. The van der Waals surface area contributed by atoms with Crippen molar-refractivity contribution < 1.29 is 9.53 Å². The normalized spacial score (nSPS) is 19.6. The molecule has 1 amide bonds. The van der Waals surface area contributed by atoms with Gasteiger partial charge in [-0.25, -0.2) is 4.79 Å². The van der Waals surface area contributed by atoms with Crippen LogP contribution in [0.5, 0.6) is 0 Å². The Bertz CT molecular complexity index is 458. The first-order chi connectivity index (χ1) is 10.8. The number of carbonyl (C=O) groups is 1. The van der Waals surface area contributed by atoms with Crippen molar-refractivity contribution in [3.05, 3.63) is 48.6 Å². The minimum atomic E-state index is -0.183. The molecule has 1 aliphatic rings. The Hall–Kier alpha value is -1.77. The first kappa shape index (κ1) is 16.6. The Morgan fingerprint density at radius 2 is 1.91 bits per heavy atom. The number of hydrogen-bond donors (Lipinski definition) is 0. The SMILES string of the molecule is C=CCC1CCCCCCCN1C(=O)OCc1ccccc1. The zero-order valence-electron chi connectivity index (χ0n) is 13.4. The van der Waals surface area contributed by atoms with Crippen molar-refractivity contribution >= 4 is 6.09 Å². The second kappa shape index (κ2) is 9.29. The summed E-state index contributed by atoms with van der Waals surface area (Å²) in [5.74, 6) is 0. The van der Waals surface area contributed by atoms with Gasteiger partial charge in [0.1, 0.15) is 6.61 Å². The molecule has 0 saturated carbocycles. The highest BCUT2D eigenvalue weighted by molar-refractivity contribution is 5.68. The van der Waals surface area contributed by atoms with Gasteiger partial charge in [0.25, 0.3) is 0 Å². The first-order valence-corrected chi connectivity index (χ1v) is 8.39. The molecule has 1 aromatic rings. The molecule has 1 atom stereocenters. The van der Waals surface area contributed by atoms with Crippen molar-refractivity contribution in [2.45, 2.75) is 57.6 Å². The maximum atomic E-state index is 12.5. The highest BCUT2D eigenvalue weighted by Gasteiger charge is 2.24. The molecular formula is C19H27NO2. The molecule has 3 heteroatoms. The van der Waals surface area contributed by atoms with Crippen molar-refractivity contribution in [3.63, 3.8) is 0 Å². The molecule has 1 aliphatic heterocycles. The number of rotatable bonds is 4. The summed E-state index contributed by atoms with van der Waals surface area (Å²) < 4.78 is 5.53. The number of benzene rings is 1. The lowest BCUT2D eigenvalue weighted by Crippen LogP contribution is -2.41. The molecule has 1 fully saturated rings. The largest absolute Gasteiger partial charge is 0.445 e. The van der Waals surface area contributed by atoms with E-state index in [-0.39, 0.29) is 12.1 Å². The number of ether oxygens (including phenoxy) is 1. The van der Waals surface area contributed by atoms with Crippen LogP contribution in [0.1, 0.15) is 50.5 Å². The monoisotopic (exact) mass is 301 g/mol. The van der Waals surface area contributed by atoms with Crippen molar-refractivity contribution in [1.82, 2.24) is 4.90 Å². The van der Waals surface area contributed by atoms with Gasteiger partial charge in [0.05, 0.1) is 0 Å². The molecular weight excluding hydrogens is 274 g/mol. The van der Waals surface area contributed by atoms with E-state index in [1.807, 2.05) is 41.3 Å². The van der Waals surface area contributed by atoms with Gasteiger partial charge in [0.2, 0.25) is 0 Å². The molecule has 22 heavy (non-hydrogen) atoms. The summed E-state index contributed by atoms with van der Waals surface area (Å²) in [5, 5.41) is 0. The Kier molecular flexibility index (Phi) is 7.01. The van der Waals surface area contributed by atoms with Crippen LogP contribution >= 0.6 is 0 Å². The van der Waals surface area contributed by atoms with Gasteiger partial charge in [-0.15, -0.1) is 6.58 Å². The molecule has 2 rings (SSSR count). The van der Waals surface area contributed by atoms with Crippen molar-refractivity contribution in [2.75, 3.05) is 6.54 Å². The minimum absolute atomic E-state index is 0.183. The summed E-state index contributed by atoms with van der Waals surface area (Å²) in [6.45, 7) is 4.98. The third-order valence-corrected chi connectivity index (χ3v) is 4.26. The average molecular weight is 301 g/mol. The van der Waals surface area contributed by atoms with Gasteiger partial charge in [-0.3, -0.25) is 0 Å². The quantitative estimate of drug-likeness (QED) is 0.738. The molecule has 0 bridgehead atoms. The van der Waals surface area contributed by atoms with Gasteiger partial charge >= 0.3 is 6.09 Å². The van der Waals surface area contributed by atoms with E-state index in [1.165, 1.54) is 25.7 Å². The van der Waals surface area contributed by atoms with Crippen LogP contribution in [-0.4, -0.2) is 23.6 Å². The highest BCUT2D eigenvalue weighted by Crippen LogP contribution is 2.20. The van der Waals surface area contributed by atoms with Gasteiger partial charge in [0, 0.05) is 12.6 Å². The van der Waals surface area contributed by atoms with Crippen LogP contribution in [0.15, 0.2) is 43.0 Å². The van der Waals surface area contributed by atoms with Crippen LogP contribution in [0, 0.1) is 0 Å². The smallest absolute Gasteiger partial charge is 0.410 e. The molecule has 3 nitrogen and oxygen atoms in total. The minimum Gasteiger partial charge on any atom is -0.445 e. The topological polar surface area (TPSA) is 29.5 Å². The van der Waals surface area contributed by atoms with Crippen LogP contribution in [0.3, 0.4) is 0 Å². The Labute approximate surface area is 134 Å². The molecule has 1 aromatic carbocycles. The lowest BCUT2D eigenvalue weighted by Gasteiger charge is -2.30. The zero-order valence-corrected chi connectivity index (χ0v) is 13.4. The molecule has 0 N–H and O–H groups in total. The number of amides is 1. The van der Waals surface area contributed by atoms with E-state index in [1.54, 1.807) is 0 Å². The molecule has 120 valence electrons. The van der Waals surface area contributed by atoms with E-state index in [4.69, 9.17) is 4.74 Å². The van der Waals surface area contributed by atoms with Crippen LogP contribution < -0.4 is 0 Å². The predicted molar refractivity (Wildman–Crippen MR) is 89.6 cm³/mol. The molecule has 1 unspecified atom stereocenters. The number of carbonyl (C=O) groups excluding carboxylic acids is 1. The van der Waals surface area contributed by atoms with Gasteiger partial charge in [-0.05, 0) is 24.8 Å². The first-order valence-electron chi connectivity index (χ1n) is 8.39. The maximum absolute atomic E-state index is 12.5. The third-order valence-electron chi connectivity index (χ3n) is 4.26. The summed E-state index contributed by atoms with van der Waals surface area (Å²) in [6.07, 6.45) is 9.61. The third kappa shape index (κ3) is 5.21. The zero-order chi connectivity index (χ0) is 15.6. The molecule has 0 aromatic heterocycles. The summed E-state index contributed by atoms with van der Waals surface area (Å²) in [7, 11) is 0. The predicted octanol–water partition coefficient (Wildman–Crippen LogP) is 4.92. The summed E-state index contributed by atoms with van der Waals surface area (Å²) in [6, 6.07) is 10.1. The molecule has 1 saturated heterocycles. The maximum Gasteiger partial charge on any atom is 0.410 e. The van der Waals surface area contributed by atoms with E-state index >= 15 is 0 Å². The van der Waals surface area contributed by atoms with Crippen LogP contribution in [0.4, 0.5) is 4.79 Å². The van der Waals surface area contributed by atoms with E-state index in [0.29, 0.717) is 6.61 Å². The fourth-order valence-corrected chi connectivity index (χ4v) is 3.01. The van der Waals surface area contributed by atoms with Crippen LogP contribution in [0.2, 0.25) is 0 Å². The lowest BCUT2D eigenvalue weighted by atomic mass is 10.0. The summed E-state index contributed by atoms with van der Waals surface area (Å²) >= 11 is 0. The fourth-order valence-electron chi connectivity index (χ4n) is 3.01.